The summed E-state index contributed by atoms with van der Waals surface area (Å²) in [5.41, 5.74) is 5.13. The van der Waals surface area contributed by atoms with Gasteiger partial charge in [-0.3, -0.25) is 14.3 Å². The summed E-state index contributed by atoms with van der Waals surface area (Å²) < 4.78 is 6.91. The summed E-state index contributed by atoms with van der Waals surface area (Å²) in [6, 6.07) is 0. The van der Waals surface area contributed by atoms with Crippen LogP contribution in [0.3, 0.4) is 0 Å². The Balaban J connectivity index is 1.64. The first kappa shape index (κ1) is 20.3. The van der Waals surface area contributed by atoms with Crippen molar-refractivity contribution in [3.05, 3.63) is 22.5 Å². The Morgan fingerprint density at radius 3 is 2.46 bits per heavy atom. The summed E-state index contributed by atoms with van der Waals surface area (Å²) in [7, 11) is 1.91. The van der Waals surface area contributed by atoms with Crippen LogP contribution in [0, 0.1) is 26.7 Å². The van der Waals surface area contributed by atoms with Crippen LogP contribution in [0.15, 0.2) is 0 Å². The fraction of sp³-hybridized carbons (Fsp3) is 0.619. The molecule has 0 aliphatic carbocycles. The van der Waals surface area contributed by atoms with Crippen molar-refractivity contribution < 1.29 is 14.3 Å². The molecule has 3 rings (SSSR count). The maximum Gasteiger partial charge on any atom is 0.309 e. The van der Waals surface area contributed by atoms with Crippen molar-refractivity contribution in [3.8, 4) is 0 Å². The van der Waals surface area contributed by atoms with E-state index in [1.54, 1.807) is 0 Å². The molecule has 1 aliphatic heterocycles. The standard InChI is InChI=1S/C21H30N4O3/c1-6-28-21(27)16-9-11-25(12-10-16)18(26)8-7-17-13(2)19-15(4)23-24(5)20(19)22-14(17)3/h16H,6-12H2,1-5H3. The first-order valence-corrected chi connectivity index (χ1v) is 10.1. The predicted molar refractivity (Wildman–Crippen MR) is 107 cm³/mol. The van der Waals surface area contributed by atoms with Crippen molar-refractivity contribution in [1.29, 1.82) is 0 Å². The molecule has 1 fully saturated rings. The first-order valence-electron chi connectivity index (χ1n) is 10.1. The number of hydrogen-bond donors (Lipinski definition) is 0. The quantitative estimate of drug-likeness (QED) is 0.738. The second kappa shape index (κ2) is 8.29. The molecule has 0 bridgehead atoms. The Kier molecular flexibility index (Phi) is 6.01. The molecule has 7 nitrogen and oxygen atoms in total. The lowest BCUT2D eigenvalue weighted by atomic mass is 9.96. The molecule has 28 heavy (non-hydrogen) atoms. The van der Waals surface area contributed by atoms with E-state index in [2.05, 4.69) is 12.0 Å². The molecule has 1 saturated heterocycles. The number of aryl methyl sites for hydroxylation is 4. The van der Waals surface area contributed by atoms with Crippen LogP contribution in [0.4, 0.5) is 0 Å². The molecular weight excluding hydrogens is 356 g/mol. The van der Waals surface area contributed by atoms with Crippen LogP contribution < -0.4 is 0 Å². The van der Waals surface area contributed by atoms with E-state index in [1.807, 2.05) is 37.4 Å². The Hall–Kier alpha value is -2.44. The number of aromatic nitrogens is 3. The second-order valence-corrected chi connectivity index (χ2v) is 7.62. The molecule has 7 heteroatoms. The van der Waals surface area contributed by atoms with Crippen LogP contribution in [0.2, 0.25) is 0 Å². The number of nitrogens with zero attached hydrogens (tertiary/aromatic N) is 4. The van der Waals surface area contributed by atoms with Gasteiger partial charge in [0.05, 0.1) is 18.2 Å². The zero-order valence-electron chi connectivity index (χ0n) is 17.5. The Morgan fingerprint density at radius 1 is 1.14 bits per heavy atom. The SMILES string of the molecule is CCOC(=O)C1CCN(C(=O)CCc2c(C)nc3c(c(C)nn3C)c2C)CC1. The third-order valence-corrected chi connectivity index (χ3v) is 5.79. The largest absolute Gasteiger partial charge is 0.466 e. The van der Waals surface area contributed by atoms with Gasteiger partial charge < -0.3 is 9.64 Å². The highest BCUT2D eigenvalue weighted by atomic mass is 16.5. The summed E-state index contributed by atoms with van der Waals surface area (Å²) in [4.78, 5) is 31.2. The number of ether oxygens (including phenoxy) is 1. The number of rotatable bonds is 5. The van der Waals surface area contributed by atoms with Crippen LogP contribution in [0.5, 0.6) is 0 Å². The number of hydrogen-bond acceptors (Lipinski definition) is 5. The molecule has 0 radical (unpaired) electrons. The second-order valence-electron chi connectivity index (χ2n) is 7.62. The van der Waals surface area contributed by atoms with Crippen LogP contribution in [0.1, 0.15) is 48.7 Å². The van der Waals surface area contributed by atoms with E-state index < -0.39 is 0 Å². The van der Waals surface area contributed by atoms with Crippen LogP contribution in [0.25, 0.3) is 11.0 Å². The minimum Gasteiger partial charge on any atom is -0.466 e. The highest BCUT2D eigenvalue weighted by molar-refractivity contribution is 5.84. The van der Waals surface area contributed by atoms with E-state index in [-0.39, 0.29) is 17.8 Å². The van der Waals surface area contributed by atoms with Gasteiger partial charge in [0.2, 0.25) is 5.91 Å². The number of amides is 1. The fourth-order valence-corrected chi connectivity index (χ4v) is 4.25. The molecule has 2 aromatic rings. The minimum absolute atomic E-state index is 0.0753. The molecule has 0 unspecified atom stereocenters. The van der Waals surface area contributed by atoms with Crippen molar-refractivity contribution in [1.82, 2.24) is 19.7 Å². The molecule has 0 atom stereocenters. The third-order valence-electron chi connectivity index (χ3n) is 5.79. The number of pyridine rings is 1. The number of piperidine rings is 1. The van der Waals surface area contributed by atoms with E-state index in [4.69, 9.17) is 9.72 Å². The summed E-state index contributed by atoms with van der Waals surface area (Å²) in [5, 5.41) is 5.57. The first-order chi connectivity index (χ1) is 13.3. The lowest BCUT2D eigenvalue weighted by molar-refractivity contribution is -0.151. The van der Waals surface area contributed by atoms with Gasteiger partial charge in [-0.1, -0.05) is 0 Å². The zero-order chi connectivity index (χ0) is 20.4. The van der Waals surface area contributed by atoms with E-state index in [0.717, 1.165) is 28.0 Å². The van der Waals surface area contributed by atoms with E-state index in [9.17, 15) is 9.59 Å². The Labute approximate surface area is 166 Å². The maximum atomic E-state index is 12.7. The molecule has 3 heterocycles. The normalized spacial score (nSPS) is 15.2. The molecule has 0 aromatic carbocycles. The lowest BCUT2D eigenvalue weighted by Crippen LogP contribution is -2.40. The Morgan fingerprint density at radius 2 is 1.82 bits per heavy atom. The molecule has 0 saturated carbocycles. The summed E-state index contributed by atoms with van der Waals surface area (Å²) >= 11 is 0. The van der Waals surface area contributed by atoms with Crippen molar-refractivity contribution in [2.75, 3.05) is 19.7 Å². The maximum absolute atomic E-state index is 12.7. The molecule has 152 valence electrons. The summed E-state index contributed by atoms with van der Waals surface area (Å²) in [5.74, 6) is -0.0650. The van der Waals surface area contributed by atoms with E-state index in [1.165, 1.54) is 5.56 Å². The van der Waals surface area contributed by atoms with Crippen molar-refractivity contribution >= 4 is 22.9 Å². The molecule has 2 aromatic heterocycles. The number of likely N-dealkylation sites (tertiary alicyclic amines) is 1. The number of esters is 1. The van der Waals surface area contributed by atoms with Gasteiger partial charge in [0.1, 0.15) is 0 Å². The molecule has 1 amide bonds. The van der Waals surface area contributed by atoms with Gasteiger partial charge in [-0.05, 0) is 58.1 Å². The number of fused-ring (bicyclic) bond motifs is 1. The average Bonchev–Trinajstić information content (AvgIpc) is 2.95. The van der Waals surface area contributed by atoms with Crippen LogP contribution >= 0.6 is 0 Å². The van der Waals surface area contributed by atoms with Gasteiger partial charge >= 0.3 is 5.97 Å². The van der Waals surface area contributed by atoms with Gasteiger partial charge in [-0.2, -0.15) is 5.10 Å². The van der Waals surface area contributed by atoms with Crippen molar-refractivity contribution in [3.63, 3.8) is 0 Å². The monoisotopic (exact) mass is 386 g/mol. The van der Waals surface area contributed by atoms with Gasteiger partial charge in [-0.15, -0.1) is 0 Å². The molecule has 0 N–H and O–H groups in total. The van der Waals surface area contributed by atoms with Crippen LogP contribution in [-0.2, 0) is 27.8 Å². The number of carbonyl (C=O) groups is 2. The lowest BCUT2D eigenvalue weighted by Gasteiger charge is -2.31. The molecule has 1 aliphatic rings. The van der Waals surface area contributed by atoms with Gasteiger partial charge in [0, 0.05) is 37.6 Å². The summed E-state index contributed by atoms with van der Waals surface area (Å²) in [6.45, 7) is 9.56. The van der Waals surface area contributed by atoms with Crippen molar-refractivity contribution in [2.24, 2.45) is 13.0 Å². The molecule has 0 spiro atoms. The predicted octanol–water partition coefficient (Wildman–Crippen LogP) is 2.63. The third kappa shape index (κ3) is 3.88. The topological polar surface area (TPSA) is 77.3 Å². The molecular formula is C21H30N4O3. The van der Waals surface area contributed by atoms with E-state index >= 15 is 0 Å². The summed E-state index contributed by atoms with van der Waals surface area (Å²) in [6.07, 6.45) is 2.50. The van der Waals surface area contributed by atoms with Gasteiger partial charge in [0.15, 0.2) is 5.65 Å². The minimum atomic E-state index is -0.132. The highest BCUT2D eigenvalue weighted by Gasteiger charge is 2.28. The van der Waals surface area contributed by atoms with Gasteiger partial charge in [-0.25, -0.2) is 4.98 Å². The number of carbonyl (C=O) groups excluding carboxylic acids is 2. The highest BCUT2D eigenvalue weighted by Crippen LogP contribution is 2.26. The smallest absolute Gasteiger partial charge is 0.309 e. The van der Waals surface area contributed by atoms with E-state index in [0.29, 0.717) is 45.4 Å². The fourth-order valence-electron chi connectivity index (χ4n) is 4.25. The Bertz CT molecular complexity index is 895. The average molecular weight is 386 g/mol. The zero-order valence-corrected chi connectivity index (χ0v) is 17.5. The van der Waals surface area contributed by atoms with Crippen LogP contribution in [-0.4, -0.2) is 51.2 Å². The van der Waals surface area contributed by atoms with Crippen molar-refractivity contribution in [2.45, 2.75) is 53.4 Å². The van der Waals surface area contributed by atoms with Gasteiger partial charge in [0.25, 0.3) is 0 Å².